The van der Waals surface area contributed by atoms with Gasteiger partial charge in [-0.2, -0.15) is 0 Å². The molecule has 0 aromatic heterocycles. The third-order valence-electron chi connectivity index (χ3n) is 3.11. The molecule has 1 N–H and O–H groups in total. The van der Waals surface area contributed by atoms with E-state index in [1.165, 1.54) is 0 Å². The van der Waals surface area contributed by atoms with Gasteiger partial charge in [0.05, 0.1) is 6.61 Å². The molecule has 0 saturated heterocycles. The number of rotatable bonds is 5. The predicted molar refractivity (Wildman–Crippen MR) is 88.3 cm³/mol. The van der Waals surface area contributed by atoms with Crippen molar-refractivity contribution in [3.05, 3.63) is 60.2 Å². The van der Waals surface area contributed by atoms with Gasteiger partial charge in [-0.3, -0.25) is 9.24 Å². The number of nitrogens with zero attached hydrogens (tertiary/aromatic N) is 1. The predicted octanol–water partition coefficient (Wildman–Crippen LogP) is 2.78. The van der Waals surface area contributed by atoms with Crippen LogP contribution in [-0.4, -0.2) is 28.0 Å². The molecule has 2 aromatic carbocycles. The largest absolute Gasteiger partial charge is 0.394 e. The molecular formula is C15H17NO2P2. The molecule has 2 aromatic rings. The Labute approximate surface area is 123 Å². The Hall–Kier alpha value is -1.11. The zero-order valence-corrected chi connectivity index (χ0v) is 13.2. The molecule has 3 nitrogen and oxygen atoms in total. The van der Waals surface area contributed by atoms with E-state index in [9.17, 15) is 9.90 Å². The first-order chi connectivity index (χ1) is 9.63. The lowest BCUT2D eigenvalue weighted by Crippen LogP contribution is -2.32. The highest BCUT2D eigenvalue weighted by atomic mass is 31.1. The Morgan fingerprint density at radius 2 is 1.55 bits per heavy atom. The molecule has 3 atom stereocenters. The maximum Gasteiger partial charge on any atom is 0.182 e. The van der Waals surface area contributed by atoms with Crippen LogP contribution in [-0.2, 0) is 0 Å². The van der Waals surface area contributed by atoms with E-state index in [1.807, 2.05) is 42.5 Å². The van der Waals surface area contributed by atoms with Gasteiger partial charge in [0.2, 0.25) is 0 Å². The Morgan fingerprint density at radius 1 is 1.00 bits per heavy atom. The van der Waals surface area contributed by atoms with Crippen LogP contribution in [0, 0.1) is 0 Å². The van der Waals surface area contributed by atoms with Gasteiger partial charge < -0.3 is 5.11 Å². The number of carbonyl (C=O) groups is 1. The Morgan fingerprint density at radius 3 is 2.05 bits per heavy atom. The van der Waals surface area contributed by atoms with Crippen LogP contribution in [0.2, 0.25) is 0 Å². The number of ketones is 1. The second kappa shape index (κ2) is 7.06. The zero-order valence-electron chi connectivity index (χ0n) is 10.9. The Balaban J connectivity index is 2.22. The van der Waals surface area contributed by atoms with Crippen molar-refractivity contribution < 1.29 is 9.90 Å². The average molecular weight is 305 g/mol. The van der Waals surface area contributed by atoms with Gasteiger partial charge >= 0.3 is 0 Å². The van der Waals surface area contributed by atoms with Gasteiger partial charge in [0.15, 0.2) is 5.78 Å². The van der Waals surface area contributed by atoms with Gasteiger partial charge in [-0.15, -0.1) is 0 Å². The maximum absolute atomic E-state index is 12.2. The molecule has 0 amide bonds. The molecule has 104 valence electrons. The first-order valence-electron chi connectivity index (χ1n) is 6.22. The van der Waals surface area contributed by atoms with Crippen molar-refractivity contribution in [3.8, 4) is 11.1 Å². The highest BCUT2D eigenvalue weighted by Gasteiger charge is 2.21. The van der Waals surface area contributed by atoms with Crippen molar-refractivity contribution in [3.63, 3.8) is 0 Å². The van der Waals surface area contributed by atoms with Crippen molar-refractivity contribution in [2.24, 2.45) is 0 Å². The highest BCUT2D eigenvalue weighted by Crippen LogP contribution is 2.21. The fourth-order valence-electron chi connectivity index (χ4n) is 1.96. The number of hydrogen-bond acceptors (Lipinski definition) is 3. The normalized spacial score (nSPS) is 12.4. The topological polar surface area (TPSA) is 40.5 Å². The lowest BCUT2D eigenvalue weighted by molar-refractivity contribution is 0.0883. The van der Waals surface area contributed by atoms with E-state index in [0.717, 1.165) is 11.1 Å². The second-order valence-electron chi connectivity index (χ2n) is 4.45. The van der Waals surface area contributed by atoms with Gasteiger partial charge in [-0.05, 0) is 11.1 Å². The molecule has 2 unspecified atom stereocenters. The van der Waals surface area contributed by atoms with E-state index in [1.54, 1.807) is 16.6 Å². The summed E-state index contributed by atoms with van der Waals surface area (Å²) >= 11 is 0. The van der Waals surface area contributed by atoms with Gasteiger partial charge in [0.1, 0.15) is 6.04 Å². The minimum atomic E-state index is -0.562. The molecule has 20 heavy (non-hydrogen) atoms. The second-order valence-corrected chi connectivity index (χ2v) is 6.24. The summed E-state index contributed by atoms with van der Waals surface area (Å²) in [4.78, 5) is 12.2. The lowest BCUT2D eigenvalue weighted by Gasteiger charge is -2.20. The number of hydrogen-bond donors (Lipinski definition) is 1. The smallest absolute Gasteiger partial charge is 0.182 e. The summed E-state index contributed by atoms with van der Waals surface area (Å²) in [5.74, 6) is -0.0999. The van der Waals surface area contributed by atoms with Gasteiger partial charge in [0, 0.05) is 5.56 Å². The molecular weight excluding hydrogens is 288 g/mol. The number of carbonyl (C=O) groups excluding carboxylic acids is 1. The van der Waals surface area contributed by atoms with E-state index < -0.39 is 6.04 Å². The maximum atomic E-state index is 12.2. The van der Waals surface area contributed by atoms with Crippen LogP contribution < -0.4 is 0 Å². The first kappa shape index (κ1) is 15.3. The fraction of sp³-hybridized carbons (Fsp3) is 0.133. The van der Waals surface area contributed by atoms with E-state index in [-0.39, 0.29) is 12.4 Å². The molecule has 0 aliphatic rings. The molecule has 2 rings (SSSR count). The number of aliphatic hydroxyl groups is 1. The fourth-order valence-corrected chi connectivity index (χ4v) is 2.42. The number of benzene rings is 2. The molecule has 0 aliphatic heterocycles. The third-order valence-corrected chi connectivity index (χ3v) is 3.83. The van der Waals surface area contributed by atoms with E-state index in [0.29, 0.717) is 5.56 Å². The van der Waals surface area contributed by atoms with Crippen molar-refractivity contribution in [1.82, 2.24) is 4.44 Å². The summed E-state index contributed by atoms with van der Waals surface area (Å²) in [6, 6.07) is 16.9. The average Bonchev–Trinajstić information content (AvgIpc) is 2.48. The molecule has 0 aliphatic carbocycles. The van der Waals surface area contributed by atoms with Crippen LogP contribution in [0.5, 0.6) is 0 Å². The van der Waals surface area contributed by atoms with Crippen LogP contribution in [0.25, 0.3) is 11.1 Å². The molecule has 0 fully saturated rings. The van der Waals surface area contributed by atoms with Gasteiger partial charge in [-0.1, -0.05) is 73.4 Å². The minimum absolute atomic E-state index is 0.0999. The standard InChI is InChI=1S/C15H17NO2P2/c17-10-14(16(19)20)15(18)13-8-6-12(7-9-13)11-4-2-1-3-5-11/h1-9,14,17H,10,19-20H2/t14-/m0/s1. The molecule has 0 spiro atoms. The summed E-state index contributed by atoms with van der Waals surface area (Å²) in [6.45, 7) is -0.216. The Bertz CT molecular complexity index is 570. The van der Waals surface area contributed by atoms with Crippen LogP contribution in [0.15, 0.2) is 54.6 Å². The van der Waals surface area contributed by atoms with E-state index >= 15 is 0 Å². The summed E-state index contributed by atoms with van der Waals surface area (Å²) in [5, 5.41) is 9.27. The van der Waals surface area contributed by atoms with Gasteiger partial charge in [-0.25, -0.2) is 0 Å². The van der Waals surface area contributed by atoms with Crippen molar-refractivity contribution in [1.29, 1.82) is 0 Å². The third kappa shape index (κ3) is 3.50. The molecule has 0 saturated carbocycles. The van der Waals surface area contributed by atoms with E-state index in [4.69, 9.17) is 0 Å². The molecule has 0 radical (unpaired) electrons. The summed E-state index contributed by atoms with van der Waals surface area (Å²) in [7, 11) is 4.76. The van der Waals surface area contributed by atoms with Crippen molar-refractivity contribution >= 4 is 24.6 Å². The van der Waals surface area contributed by atoms with Crippen molar-refractivity contribution in [2.75, 3.05) is 6.61 Å². The SMILES string of the molecule is O=C(c1ccc(-c2ccccc2)cc1)[C@H](CO)N(P)P. The highest BCUT2D eigenvalue weighted by molar-refractivity contribution is 7.31. The summed E-state index contributed by atoms with van der Waals surface area (Å²) in [5.41, 5.74) is 2.78. The molecule has 5 heteroatoms. The van der Waals surface area contributed by atoms with Crippen molar-refractivity contribution in [2.45, 2.75) is 6.04 Å². The lowest BCUT2D eigenvalue weighted by atomic mass is 10.0. The minimum Gasteiger partial charge on any atom is -0.394 e. The summed E-state index contributed by atoms with van der Waals surface area (Å²) < 4.78 is 1.56. The van der Waals surface area contributed by atoms with Gasteiger partial charge in [0.25, 0.3) is 0 Å². The Kier molecular flexibility index (Phi) is 5.39. The van der Waals surface area contributed by atoms with Crippen LogP contribution >= 0.6 is 18.8 Å². The molecule has 0 heterocycles. The number of aliphatic hydroxyl groups excluding tert-OH is 1. The molecule has 0 bridgehead atoms. The quantitative estimate of drug-likeness (QED) is 0.682. The van der Waals surface area contributed by atoms with E-state index in [2.05, 4.69) is 18.8 Å². The number of Topliss-reactive ketones (excluding diaryl/α,β-unsaturated/α-hetero) is 1. The van der Waals surface area contributed by atoms with Crippen LogP contribution in [0.1, 0.15) is 10.4 Å². The summed E-state index contributed by atoms with van der Waals surface area (Å²) in [6.07, 6.45) is 0. The first-order valence-corrected chi connectivity index (χ1v) is 7.26. The van der Waals surface area contributed by atoms with Crippen LogP contribution in [0.4, 0.5) is 0 Å². The zero-order chi connectivity index (χ0) is 14.5. The monoisotopic (exact) mass is 305 g/mol. The van der Waals surface area contributed by atoms with Crippen LogP contribution in [0.3, 0.4) is 0 Å².